The SMILES string of the molecule is CC(C)(C)OC(=O)NC(C(=O)N[C@@H]1C(=O)N2C(C(=O)OC(c3ccccc3)c3ccccc3)=C(O)CS[C@@H]12)c1ccccc1. The van der Waals surface area contributed by atoms with E-state index in [1.165, 1.54) is 11.8 Å². The van der Waals surface area contributed by atoms with E-state index in [1.54, 1.807) is 51.1 Å². The van der Waals surface area contributed by atoms with Crippen LogP contribution in [0.4, 0.5) is 4.79 Å². The van der Waals surface area contributed by atoms with Gasteiger partial charge in [0, 0.05) is 0 Å². The highest BCUT2D eigenvalue weighted by atomic mass is 32.2. The monoisotopic (exact) mass is 615 g/mol. The van der Waals surface area contributed by atoms with Crippen molar-refractivity contribution in [3.63, 3.8) is 0 Å². The van der Waals surface area contributed by atoms with Crippen LogP contribution in [0.1, 0.15) is 49.6 Å². The summed E-state index contributed by atoms with van der Waals surface area (Å²) in [6.45, 7) is 5.12. The van der Waals surface area contributed by atoms with Crippen molar-refractivity contribution >= 4 is 35.6 Å². The molecule has 1 unspecified atom stereocenters. The molecule has 2 aliphatic rings. The van der Waals surface area contributed by atoms with Crippen LogP contribution in [0.2, 0.25) is 0 Å². The van der Waals surface area contributed by atoms with Gasteiger partial charge in [0.2, 0.25) is 5.91 Å². The second-order valence-electron chi connectivity index (χ2n) is 11.3. The summed E-state index contributed by atoms with van der Waals surface area (Å²) in [6, 6.07) is 24.8. The number of hydrogen-bond acceptors (Lipinski definition) is 8. The average Bonchev–Trinajstić information content (AvgIpc) is 3.01. The zero-order valence-corrected chi connectivity index (χ0v) is 25.2. The molecule has 0 bridgehead atoms. The van der Waals surface area contributed by atoms with Crippen molar-refractivity contribution < 1.29 is 33.8 Å². The number of amides is 3. The van der Waals surface area contributed by atoms with Crippen molar-refractivity contribution in [1.29, 1.82) is 0 Å². The lowest BCUT2D eigenvalue weighted by Gasteiger charge is -2.49. The number of fused-ring (bicyclic) bond motifs is 1. The molecule has 2 heterocycles. The fraction of sp³-hybridized carbons (Fsp3) is 0.273. The van der Waals surface area contributed by atoms with Gasteiger partial charge in [0.15, 0.2) is 11.8 Å². The first-order valence-electron chi connectivity index (χ1n) is 14.1. The third-order valence-electron chi connectivity index (χ3n) is 6.92. The van der Waals surface area contributed by atoms with Crippen LogP contribution in [0.25, 0.3) is 0 Å². The van der Waals surface area contributed by atoms with Crippen molar-refractivity contribution in [3.8, 4) is 0 Å². The lowest BCUT2D eigenvalue weighted by molar-refractivity contribution is -0.155. The molecule has 0 aliphatic carbocycles. The number of aliphatic hydroxyl groups excluding tert-OH is 1. The molecule has 10 nitrogen and oxygen atoms in total. The molecule has 0 aromatic heterocycles. The fourth-order valence-corrected chi connectivity index (χ4v) is 6.15. The van der Waals surface area contributed by atoms with Crippen molar-refractivity contribution in [2.45, 2.75) is 49.9 Å². The number of aliphatic hydroxyl groups is 1. The van der Waals surface area contributed by atoms with Gasteiger partial charge < -0.3 is 25.2 Å². The summed E-state index contributed by atoms with van der Waals surface area (Å²) in [5.41, 5.74) is 0.888. The third-order valence-corrected chi connectivity index (χ3v) is 8.19. The Kier molecular flexibility index (Phi) is 8.96. The van der Waals surface area contributed by atoms with E-state index < -0.39 is 53.0 Å². The molecule has 3 aromatic carbocycles. The predicted octanol–water partition coefficient (Wildman–Crippen LogP) is 4.75. The first kappa shape index (κ1) is 30.7. The van der Waals surface area contributed by atoms with Crippen LogP contribution in [0.3, 0.4) is 0 Å². The molecule has 1 fully saturated rings. The second kappa shape index (κ2) is 12.8. The van der Waals surface area contributed by atoms with Gasteiger partial charge in [-0.25, -0.2) is 9.59 Å². The molecule has 3 amide bonds. The Morgan fingerprint density at radius 1 is 0.886 bits per heavy atom. The maximum absolute atomic E-state index is 13.6. The maximum atomic E-state index is 13.6. The predicted molar refractivity (Wildman–Crippen MR) is 164 cm³/mol. The third kappa shape index (κ3) is 6.73. The summed E-state index contributed by atoms with van der Waals surface area (Å²) in [6.07, 6.45) is -1.57. The number of nitrogens with one attached hydrogen (secondary N) is 2. The standard InChI is InChI=1S/C33H33N3O7S/c1-33(2,3)43-32(41)35-24(20-13-7-4-8-14-20)28(38)34-25-29(39)36-26(23(37)19-44-30(25)36)31(40)42-27(21-15-9-5-10-16-21)22-17-11-6-12-18-22/h4-18,24-25,27,30,37H,19H2,1-3H3,(H,34,38)(H,35,41)/t24?,25-,30+/m1/s1. The normalized spacial score (nSPS) is 18.5. The van der Waals surface area contributed by atoms with E-state index in [1.807, 2.05) is 60.7 Å². The molecule has 0 spiro atoms. The van der Waals surface area contributed by atoms with Gasteiger partial charge in [0.25, 0.3) is 5.91 Å². The molecule has 11 heteroatoms. The zero-order valence-electron chi connectivity index (χ0n) is 24.4. The maximum Gasteiger partial charge on any atom is 0.408 e. The smallest absolute Gasteiger partial charge is 0.408 e. The summed E-state index contributed by atoms with van der Waals surface area (Å²) < 4.78 is 11.3. The molecule has 2 aliphatic heterocycles. The summed E-state index contributed by atoms with van der Waals surface area (Å²) in [4.78, 5) is 54.2. The Hall–Kier alpha value is -4.77. The van der Waals surface area contributed by atoms with Crippen LogP contribution in [0, 0.1) is 0 Å². The molecule has 3 N–H and O–H groups in total. The number of β-lactam (4-membered cyclic amide) rings is 1. The van der Waals surface area contributed by atoms with Crippen LogP contribution in [0.5, 0.6) is 0 Å². The summed E-state index contributed by atoms with van der Waals surface area (Å²) in [5, 5.41) is 15.4. The Morgan fingerprint density at radius 3 is 1.93 bits per heavy atom. The number of thioether (sulfide) groups is 1. The number of ether oxygens (including phenoxy) is 2. The number of nitrogens with zero attached hydrogens (tertiary/aromatic N) is 1. The van der Waals surface area contributed by atoms with Gasteiger partial charge in [-0.3, -0.25) is 14.5 Å². The van der Waals surface area contributed by atoms with Gasteiger partial charge in [-0.1, -0.05) is 91.0 Å². The molecule has 1 saturated heterocycles. The minimum absolute atomic E-state index is 0.0326. The fourth-order valence-electron chi connectivity index (χ4n) is 4.95. The van der Waals surface area contributed by atoms with Gasteiger partial charge in [-0.15, -0.1) is 11.8 Å². The molecule has 228 valence electrons. The van der Waals surface area contributed by atoms with Crippen LogP contribution in [-0.4, -0.2) is 56.7 Å². The molecular formula is C33H33N3O7S. The zero-order chi connectivity index (χ0) is 31.4. The van der Waals surface area contributed by atoms with Crippen molar-refractivity contribution in [2.75, 3.05) is 5.75 Å². The molecule has 0 radical (unpaired) electrons. The van der Waals surface area contributed by atoms with Crippen LogP contribution >= 0.6 is 11.8 Å². The number of carbonyl (C=O) groups is 4. The topological polar surface area (TPSA) is 134 Å². The summed E-state index contributed by atoms with van der Waals surface area (Å²) in [5.74, 6) is -2.34. The van der Waals surface area contributed by atoms with E-state index in [0.29, 0.717) is 5.56 Å². The molecule has 5 rings (SSSR count). The van der Waals surface area contributed by atoms with E-state index in [9.17, 15) is 24.3 Å². The van der Waals surface area contributed by atoms with E-state index >= 15 is 0 Å². The van der Waals surface area contributed by atoms with Gasteiger partial charge in [0.1, 0.15) is 28.8 Å². The molecule has 3 aromatic rings. The first-order valence-corrected chi connectivity index (χ1v) is 15.1. The van der Waals surface area contributed by atoms with Gasteiger partial charge >= 0.3 is 12.1 Å². The van der Waals surface area contributed by atoms with Crippen molar-refractivity contribution in [3.05, 3.63) is 119 Å². The molecular weight excluding hydrogens is 582 g/mol. The van der Waals surface area contributed by atoms with Gasteiger partial charge in [-0.05, 0) is 37.5 Å². The quantitative estimate of drug-likeness (QED) is 0.244. The molecule has 0 saturated carbocycles. The molecule has 3 atom stereocenters. The van der Waals surface area contributed by atoms with E-state index in [0.717, 1.165) is 16.0 Å². The van der Waals surface area contributed by atoms with Crippen molar-refractivity contribution in [1.82, 2.24) is 15.5 Å². The molecule has 44 heavy (non-hydrogen) atoms. The number of rotatable bonds is 8. The number of carbonyl (C=O) groups excluding carboxylic acids is 4. The Balaban J connectivity index is 1.33. The number of benzene rings is 3. The largest absolute Gasteiger partial charge is 0.509 e. The minimum Gasteiger partial charge on any atom is -0.509 e. The minimum atomic E-state index is -1.15. The van der Waals surface area contributed by atoms with E-state index in [4.69, 9.17) is 9.47 Å². The number of hydrogen-bond donors (Lipinski definition) is 3. The Morgan fingerprint density at radius 2 is 1.41 bits per heavy atom. The lowest BCUT2D eigenvalue weighted by Crippen LogP contribution is -2.71. The van der Waals surface area contributed by atoms with Gasteiger partial charge in [-0.2, -0.15) is 0 Å². The highest BCUT2D eigenvalue weighted by Crippen LogP contribution is 2.41. The van der Waals surface area contributed by atoms with E-state index in [-0.39, 0.29) is 17.2 Å². The van der Waals surface area contributed by atoms with Crippen LogP contribution in [0.15, 0.2) is 102 Å². The van der Waals surface area contributed by atoms with Gasteiger partial charge in [0.05, 0.1) is 5.75 Å². The number of esters is 1. The Bertz CT molecular complexity index is 1520. The summed E-state index contributed by atoms with van der Waals surface area (Å²) >= 11 is 1.20. The van der Waals surface area contributed by atoms with Crippen LogP contribution in [-0.2, 0) is 23.9 Å². The number of alkyl carbamates (subject to hydrolysis) is 1. The van der Waals surface area contributed by atoms with E-state index in [2.05, 4.69) is 10.6 Å². The first-order chi connectivity index (χ1) is 21.0. The van der Waals surface area contributed by atoms with Crippen molar-refractivity contribution in [2.24, 2.45) is 0 Å². The Labute approximate surface area is 259 Å². The highest BCUT2D eigenvalue weighted by Gasteiger charge is 2.55. The summed E-state index contributed by atoms with van der Waals surface area (Å²) in [7, 11) is 0. The lowest BCUT2D eigenvalue weighted by atomic mass is 10.0. The average molecular weight is 616 g/mol. The highest BCUT2D eigenvalue weighted by molar-refractivity contribution is 8.00. The second-order valence-corrected chi connectivity index (χ2v) is 12.4. The van der Waals surface area contributed by atoms with Crippen LogP contribution < -0.4 is 10.6 Å².